The van der Waals surface area contributed by atoms with Gasteiger partial charge in [-0.15, -0.1) is 0 Å². The van der Waals surface area contributed by atoms with E-state index >= 15 is 0 Å². The monoisotopic (exact) mass is 398 g/mol. The molecule has 2 rings (SSSR count). The molecule has 0 heterocycles. The number of benzene rings is 2. The van der Waals surface area contributed by atoms with Crippen LogP contribution in [0, 0.1) is 0 Å². The Hall–Kier alpha value is -3.35. The van der Waals surface area contributed by atoms with Crippen LogP contribution < -0.4 is 15.4 Å². The SMILES string of the molecule is COC(=O)[C@H](Cc1ccccc1OC)NC(=O)[C@@H](Cc1ccccc1)NC(C)=O. The second-order valence-electron chi connectivity index (χ2n) is 6.54. The summed E-state index contributed by atoms with van der Waals surface area (Å²) in [6.07, 6.45) is 0.495. The number of amides is 2. The number of hydrogen-bond acceptors (Lipinski definition) is 5. The molecule has 0 radical (unpaired) electrons. The molecule has 0 spiro atoms. The molecule has 0 unspecified atom stereocenters. The molecule has 29 heavy (non-hydrogen) atoms. The topological polar surface area (TPSA) is 93.7 Å². The quantitative estimate of drug-likeness (QED) is 0.627. The molecule has 0 bridgehead atoms. The van der Waals surface area contributed by atoms with Crippen LogP contribution >= 0.6 is 0 Å². The standard InChI is InChI=1S/C22H26N2O5/c1-15(25)23-18(13-16-9-5-4-6-10-16)21(26)24-19(22(27)29-3)14-17-11-7-8-12-20(17)28-2/h4-12,18-19H,13-14H2,1-3H3,(H,23,25)(H,24,26)/t18-,19+/m1/s1. The van der Waals surface area contributed by atoms with Gasteiger partial charge in [-0.3, -0.25) is 9.59 Å². The van der Waals surface area contributed by atoms with Crippen LogP contribution in [-0.4, -0.2) is 44.1 Å². The zero-order valence-corrected chi connectivity index (χ0v) is 16.8. The van der Waals surface area contributed by atoms with Crippen molar-refractivity contribution in [1.29, 1.82) is 0 Å². The summed E-state index contributed by atoms with van der Waals surface area (Å²) < 4.78 is 10.2. The normalized spacial score (nSPS) is 12.4. The average Bonchev–Trinajstić information content (AvgIpc) is 2.73. The highest BCUT2D eigenvalue weighted by molar-refractivity contribution is 5.90. The summed E-state index contributed by atoms with van der Waals surface area (Å²) in [5.41, 5.74) is 1.64. The van der Waals surface area contributed by atoms with Crippen molar-refractivity contribution in [3.63, 3.8) is 0 Å². The van der Waals surface area contributed by atoms with E-state index in [9.17, 15) is 14.4 Å². The lowest BCUT2D eigenvalue weighted by Crippen LogP contribution is -2.53. The highest BCUT2D eigenvalue weighted by atomic mass is 16.5. The Morgan fingerprint density at radius 1 is 0.862 bits per heavy atom. The molecule has 0 aliphatic rings. The molecule has 0 saturated carbocycles. The molecule has 7 nitrogen and oxygen atoms in total. The van der Waals surface area contributed by atoms with Crippen molar-refractivity contribution in [2.75, 3.05) is 14.2 Å². The first-order chi connectivity index (χ1) is 13.9. The Balaban J connectivity index is 2.19. The Morgan fingerprint density at radius 3 is 2.14 bits per heavy atom. The fourth-order valence-corrected chi connectivity index (χ4v) is 3.00. The minimum absolute atomic E-state index is 0.195. The lowest BCUT2D eigenvalue weighted by molar-refractivity contribution is -0.145. The van der Waals surface area contributed by atoms with Gasteiger partial charge >= 0.3 is 5.97 Å². The Labute approximate surface area is 170 Å². The molecule has 2 aromatic rings. The highest BCUT2D eigenvalue weighted by Gasteiger charge is 2.28. The van der Waals surface area contributed by atoms with Crippen LogP contribution in [0.25, 0.3) is 0 Å². The molecule has 2 atom stereocenters. The van der Waals surface area contributed by atoms with Gasteiger partial charge in [0.25, 0.3) is 0 Å². The van der Waals surface area contributed by atoms with Crippen molar-refractivity contribution in [3.05, 3.63) is 65.7 Å². The minimum atomic E-state index is -0.921. The molecule has 0 saturated heterocycles. The summed E-state index contributed by atoms with van der Waals surface area (Å²) in [6.45, 7) is 1.35. The number of hydrogen-bond donors (Lipinski definition) is 2. The number of ether oxygens (including phenoxy) is 2. The van der Waals surface area contributed by atoms with E-state index in [1.807, 2.05) is 48.5 Å². The summed E-state index contributed by atoms with van der Waals surface area (Å²) in [4.78, 5) is 36.8. The van der Waals surface area contributed by atoms with Crippen molar-refractivity contribution >= 4 is 17.8 Å². The van der Waals surface area contributed by atoms with Crippen molar-refractivity contribution in [1.82, 2.24) is 10.6 Å². The Bertz CT molecular complexity index is 838. The maximum Gasteiger partial charge on any atom is 0.328 e. The van der Waals surface area contributed by atoms with Crippen LogP contribution in [0.4, 0.5) is 0 Å². The van der Waals surface area contributed by atoms with E-state index in [4.69, 9.17) is 9.47 Å². The van der Waals surface area contributed by atoms with Gasteiger partial charge in [0.2, 0.25) is 11.8 Å². The van der Waals surface area contributed by atoms with Crippen LogP contribution in [0.15, 0.2) is 54.6 Å². The number of nitrogens with one attached hydrogen (secondary N) is 2. The van der Waals surface area contributed by atoms with Crippen molar-refractivity contribution in [3.8, 4) is 5.75 Å². The third-order valence-electron chi connectivity index (χ3n) is 4.40. The molecule has 0 aliphatic carbocycles. The van der Waals surface area contributed by atoms with Gasteiger partial charge in [-0.05, 0) is 17.2 Å². The molecular formula is C22H26N2O5. The molecule has 2 N–H and O–H groups in total. The summed E-state index contributed by atoms with van der Waals surface area (Å²) in [6, 6.07) is 14.8. The summed E-state index contributed by atoms with van der Waals surface area (Å²) in [5, 5.41) is 5.36. The third-order valence-corrected chi connectivity index (χ3v) is 4.40. The van der Waals surface area contributed by atoms with Gasteiger partial charge in [0.05, 0.1) is 14.2 Å². The molecule has 0 aliphatic heterocycles. The fourth-order valence-electron chi connectivity index (χ4n) is 3.00. The molecule has 2 aromatic carbocycles. The van der Waals surface area contributed by atoms with E-state index in [0.29, 0.717) is 12.2 Å². The first-order valence-corrected chi connectivity index (χ1v) is 9.25. The molecule has 0 aromatic heterocycles. The number of carbonyl (C=O) groups excluding carboxylic acids is 3. The van der Waals surface area contributed by atoms with E-state index in [2.05, 4.69) is 10.6 Å². The van der Waals surface area contributed by atoms with E-state index in [-0.39, 0.29) is 12.3 Å². The van der Waals surface area contributed by atoms with Crippen molar-refractivity contribution in [2.45, 2.75) is 31.8 Å². The van der Waals surface area contributed by atoms with E-state index < -0.39 is 24.0 Å². The first kappa shape index (κ1) is 21.9. The number of carbonyl (C=O) groups is 3. The van der Waals surface area contributed by atoms with Crippen molar-refractivity contribution < 1.29 is 23.9 Å². The second kappa shape index (κ2) is 10.8. The predicted molar refractivity (Wildman–Crippen MR) is 108 cm³/mol. The Morgan fingerprint density at radius 2 is 1.52 bits per heavy atom. The zero-order valence-electron chi connectivity index (χ0n) is 16.8. The number of rotatable bonds is 9. The lowest BCUT2D eigenvalue weighted by Gasteiger charge is -2.22. The Kier molecular flexibility index (Phi) is 8.21. The third kappa shape index (κ3) is 6.64. The van der Waals surface area contributed by atoms with Gasteiger partial charge in [-0.1, -0.05) is 48.5 Å². The highest BCUT2D eigenvalue weighted by Crippen LogP contribution is 2.19. The lowest BCUT2D eigenvalue weighted by atomic mass is 10.0. The summed E-state index contributed by atoms with van der Waals surface area (Å²) in [7, 11) is 2.80. The first-order valence-electron chi connectivity index (χ1n) is 9.25. The van der Waals surface area contributed by atoms with Crippen LogP contribution in [0.3, 0.4) is 0 Å². The molecule has 7 heteroatoms. The minimum Gasteiger partial charge on any atom is -0.496 e. The molecule has 0 fully saturated rings. The van der Waals surface area contributed by atoms with E-state index in [1.165, 1.54) is 21.1 Å². The van der Waals surface area contributed by atoms with Gasteiger partial charge in [0.15, 0.2) is 0 Å². The number of para-hydroxylation sites is 1. The largest absolute Gasteiger partial charge is 0.496 e. The van der Waals surface area contributed by atoms with Gasteiger partial charge < -0.3 is 20.1 Å². The summed E-state index contributed by atoms with van der Waals surface area (Å²) >= 11 is 0. The molecule has 154 valence electrons. The van der Waals surface area contributed by atoms with Gasteiger partial charge in [-0.25, -0.2) is 4.79 Å². The molecular weight excluding hydrogens is 372 g/mol. The zero-order chi connectivity index (χ0) is 21.2. The smallest absolute Gasteiger partial charge is 0.328 e. The van der Waals surface area contributed by atoms with Crippen LogP contribution in [-0.2, 0) is 32.0 Å². The summed E-state index contributed by atoms with van der Waals surface area (Å²) in [5.74, 6) is -0.765. The van der Waals surface area contributed by atoms with E-state index in [1.54, 1.807) is 6.07 Å². The second-order valence-corrected chi connectivity index (χ2v) is 6.54. The van der Waals surface area contributed by atoms with Gasteiger partial charge in [0.1, 0.15) is 17.8 Å². The average molecular weight is 398 g/mol. The fraction of sp³-hybridized carbons (Fsp3) is 0.318. The predicted octanol–water partition coefficient (Wildman–Crippen LogP) is 1.64. The van der Waals surface area contributed by atoms with Gasteiger partial charge in [-0.2, -0.15) is 0 Å². The van der Waals surface area contributed by atoms with Crippen molar-refractivity contribution in [2.24, 2.45) is 0 Å². The number of methoxy groups -OCH3 is 2. The van der Waals surface area contributed by atoms with Crippen LogP contribution in [0.1, 0.15) is 18.1 Å². The molecule has 2 amide bonds. The van der Waals surface area contributed by atoms with E-state index in [0.717, 1.165) is 11.1 Å². The number of esters is 1. The maximum atomic E-state index is 12.9. The van der Waals surface area contributed by atoms with Crippen LogP contribution in [0.5, 0.6) is 5.75 Å². The van der Waals surface area contributed by atoms with Crippen LogP contribution in [0.2, 0.25) is 0 Å². The maximum absolute atomic E-state index is 12.9. The van der Waals surface area contributed by atoms with Gasteiger partial charge in [0, 0.05) is 19.8 Å².